The highest BCUT2D eigenvalue weighted by molar-refractivity contribution is 7.99. The van der Waals surface area contributed by atoms with Crippen LogP contribution in [0.25, 0.3) is 5.69 Å². The number of para-hydroxylation sites is 1. The molecule has 168 valence electrons. The van der Waals surface area contributed by atoms with Crippen LogP contribution in [0.2, 0.25) is 5.02 Å². The first-order chi connectivity index (χ1) is 15.7. The van der Waals surface area contributed by atoms with Crippen LogP contribution in [0.3, 0.4) is 0 Å². The van der Waals surface area contributed by atoms with Gasteiger partial charge in [0.15, 0.2) is 5.16 Å². The first-order valence-electron chi connectivity index (χ1n) is 10.6. The number of nitrogens with one attached hydrogen (secondary N) is 1. The molecule has 4 rings (SSSR count). The van der Waals surface area contributed by atoms with E-state index in [9.17, 15) is 4.79 Å². The quantitative estimate of drug-likeness (QED) is 0.476. The number of anilines is 1. The lowest BCUT2D eigenvalue weighted by atomic mass is 10.1. The highest BCUT2D eigenvalue weighted by Crippen LogP contribution is 2.29. The first kappa shape index (κ1) is 22.5. The van der Waals surface area contributed by atoms with Crippen molar-refractivity contribution < 1.29 is 9.53 Å². The van der Waals surface area contributed by atoms with E-state index in [1.807, 2.05) is 53.1 Å². The molecule has 0 spiro atoms. The van der Waals surface area contributed by atoms with Gasteiger partial charge in [-0.25, -0.2) is 0 Å². The van der Waals surface area contributed by atoms with Gasteiger partial charge in [0.25, 0.3) is 0 Å². The SMILES string of the molecule is COc1ccccc1CCNC(=O)CSc1nnc(N2CCCC2)n1-c1cccc(Cl)c1. The molecule has 3 aromatic rings. The Morgan fingerprint density at radius 2 is 1.97 bits per heavy atom. The third kappa shape index (κ3) is 5.37. The summed E-state index contributed by atoms with van der Waals surface area (Å²) < 4.78 is 7.36. The number of halogens is 1. The van der Waals surface area contributed by atoms with Crippen molar-refractivity contribution in [2.24, 2.45) is 0 Å². The summed E-state index contributed by atoms with van der Waals surface area (Å²) in [5.74, 6) is 1.84. The molecule has 7 nitrogen and oxygen atoms in total. The summed E-state index contributed by atoms with van der Waals surface area (Å²) in [4.78, 5) is 14.7. The van der Waals surface area contributed by atoms with E-state index in [4.69, 9.17) is 16.3 Å². The summed E-state index contributed by atoms with van der Waals surface area (Å²) in [6, 6.07) is 15.5. The minimum atomic E-state index is -0.0479. The summed E-state index contributed by atoms with van der Waals surface area (Å²) >= 11 is 7.61. The van der Waals surface area contributed by atoms with Crippen LogP contribution in [0.1, 0.15) is 18.4 Å². The van der Waals surface area contributed by atoms with Gasteiger partial charge in [-0.15, -0.1) is 10.2 Å². The number of carbonyl (C=O) groups is 1. The van der Waals surface area contributed by atoms with Crippen molar-refractivity contribution in [2.45, 2.75) is 24.4 Å². The van der Waals surface area contributed by atoms with Crippen molar-refractivity contribution in [1.29, 1.82) is 0 Å². The van der Waals surface area contributed by atoms with Crippen LogP contribution in [0.15, 0.2) is 53.7 Å². The van der Waals surface area contributed by atoms with E-state index in [0.717, 1.165) is 48.9 Å². The van der Waals surface area contributed by atoms with Crippen molar-refractivity contribution in [3.05, 3.63) is 59.1 Å². The molecule has 1 aliphatic rings. The minimum Gasteiger partial charge on any atom is -0.496 e. The van der Waals surface area contributed by atoms with Gasteiger partial charge in [0.05, 0.1) is 18.6 Å². The van der Waals surface area contributed by atoms with E-state index in [0.29, 0.717) is 23.1 Å². The van der Waals surface area contributed by atoms with Gasteiger partial charge in [0.2, 0.25) is 11.9 Å². The zero-order valence-corrected chi connectivity index (χ0v) is 19.5. The number of aromatic nitrogens is 3. The highest BCUT2D eigenvalue weighted by Gasteiger charge is 2.23. The van der Waals surface area contributed by atoms with Gasteiger partial charge in [-0.2, -0.15) is 0 Å². The number of benzene rings is 2. The Morgan fingerprint density at radius 3 is 2.75 bits per heavy atom. The number of carbonyl (C=O) groups excluding carboxylic acids is 1. The van der Waals surface area contributed by atoms with E-state index >= 15 is 0 Å². The summed E-state index contributed by atoms with van der Waals surface area (Å²) in [5, 5.41) is 13.1. The van der Waals surface area contributed by atoms with E-state index in [1.165, 1.54) is 11.8 Å². The number of amides is 1. The van der Waals surface area contributed by atoms with Crippen molar-refractivity contribution in [3.63, 3.8) is 0 Å². The van der Waals surface area contributed by atoms with Crippen LogP contribution < -0.4 is 15.0 Å². The standard InChI is InChI=1S/C23H26ClN5O2S/c1-31-20-10-3-2-7-17(20)11-12-25-21(30)16-32-23-27-26-22(28-13-4-5-14-28)29(23)19-9-6-8-18(24)15-19/h2-3,6-10,15H,4-5,11-14,16H2,1H3,(H,25,30). The molecular weight excluding hydrogens is 446 g/mol. The van der Waals surface area contributed by atoms with Crippen molar-refractivity contribution in [1.82, 2.24) is 20.1 Å². The molecule has 1 saturated heterocycles. The molecule has 1 aromatic heterocycles. The lowest BCUT2D eigenvalue weighted by Gasteiger charge is -2.18. The minimum absolute atomic E-state index is 0.0479. The molecule has 0 atom stereocenters. The number of nitrogens with zero attached hydrogens (tertiary/aromatic N) is 4. The number of rotatable bonds is 9. The summed E-state index contributed by atoms with van der Waals surface area (Å²) in [7, 11) is 1.65. The third-order valence-electron chi connectivity index (χ3n) is 5.31. The van der Waals surface area contributed by atoms with Gasteiger partial charge in [0.1, 0.15) is 5.75 Å². The van der Waals surface area contributed by atoms with E-state index < -0.39 is 0 Å². The Hall–Kier alpha value is -2.71. The second kappa shape index (κ2) is 10.7. The lowest BCUT2D eigenvalue weighted by molar-refractivity contribution is -0.118. The maximum Gasteiger partial charge on any atom is 0.232 e. The molecule has 0 radical (unpaired) electrons. The zero-order valence-electron chi connectivity index (χ0n) is 18.0. The lowest BCUT2D eigenvalue weighted by Crippen LogP contribution is -2.27. The topological polar surface area (TPSA) is 72.3 Å². The van der Waals surface area contributed by atoms with Crippen LogP contribution in [0.5, 0.6) is 5.75 Å². The van der Waals surface area contributed by atoms with Crippen LogP contribution >= 0.6 is 23.4 Å². The molecule has 9 heteroatoms. The largest absolute Gasteiger partial charge is 0.496 e. The zero-order chi connectivity index (χ0) is 22.3. The molecule has 32 heavy (non-hydrogen) atoms. The van der Waals surface area contributed by atoms with Crippen LogP contribution in [0.4, 0.5) is 5.95 Å². The Balaban J connectivity index is 1.41. The van der Waals surface area contributed by atoms with Gasteiger partial charge < -0.3 is 15.0 Å². The number of methoxy groups -OCH3 is 1. The molecule has 2 aromatic carbocycles. The monoisotopic (exact) mass is 471 g/mol. The molecule has 0 saturated carbocycles. The Bertz CT molecular complexity index is 1070. The second-order valence-corrected chi connectivity index (χ2v) is 8.87. The van der Waals surface area contributed by atoms with Crippen molar-refractivity contribution >= 4 is 35.2 Å². The number of hydrogen-bond acceptors (Lipinski definition) is 6. The molecule has 1 amide bonds. The first-order valence-corrected chi connectivity index (χ1v) is 12.0. The Morgan fingerprint density at radius 1 is 1.16 bits per heavy atom. The number of hydrogen-bond donors (Lipinski definition) is 1. The fourth-order valence-corrected chi connectivity index (χ4v) is 4.71. The van der Waals surface area contributed by atoms with E-state index in [-0.39, 0.29) is 11.7 Å². The fourth-order valence-electron chi connectivity index (χ4n) is 3.75. The number of thioether (sulfide) groups is 1. The van der Waals surface area contributed by atoms with Crippen LogP contribution in [-0.2, 0) is 11.2 Å². The van der Waals surface area contributed by atoms with E-state index in [1.54, 1.807) is 7.11 Å². The van der Waals surface area contributed by atoms with Crippen LogP contribution in [-0.4, -0.2) is 53.2 Å². The second-order valence-electron chi connectivity index (χ2n) is 7.49. The molecule has 0 bridgehead atoms. The normalized spacial score (nSPS) is 13.4. The van der Waals surface area contributed by atoms with Gasteiger partial charge >= 0.3 is 0 Å². The molecule has 1 N–H and O–H groups in total. The highest BCUT2D eigenvalue weighted by atomic mass is 35.5. The fraction of sp³-hybridized carbons (Fsp3) is 0.348. The van der Waals surface area contributed by atoms with Crippen molar-refractivity contribution in [2.75, 3.05) is 37.4 Å². The van der Waals surface area contributed by atoms with Gasteiger partial charge in [-0.3, -0.25) is 9.36 Å². The van der Waals surface area contributed by atoms with Crippen LogP contribution in [0, 0.1) is 0 Å². The van der Waals surface area contributed by atoms with Crippen molar-refractivity contribution in [3.8, 4) is 11.4 Å². The summed E-state index contributed by atoms with van der Waals surface area (Å²) in [6.07, 6.45) is 2.98. The van der Waals surface area contributed by atoms with Gasteiger partial charge in [0, 0.05) is 24.7 Å². The Kier molecular flexibility index (Phi) is 7.55. The molecule has 1 fully saturated rings. The molecule has 0 unspecified atom stereocenters. The van der Waals surface area contributed by atoms with Gasteiger partial charge in [-0.05, 0) is 49.1 Å². The maximum atomic E-state index is 12.5. The van der Waals surface area contributed by atoms with Gasteiger partial charge in [-0.1, -0.05) is 47.6 Å². The Labute approximate surface area is 197 Å². The van der Waals surface area contributed by atoms with E-state index in [2.05, 4.69) is 20.4 Å². The number of ether oxygens (including phenoxy) is 1. The smallest absolute Gasteiger partial charge is 0.232 e. The maximum absolute atomic E-state index is 12.5. The molecule has 0 aliphatic carbocycles. The average molecular weight is 472 g/mol. The summed E-state index contributed by atoms with van der Waals surface area (Å²) in [5.41, 5.74) is 1.96. The predicted octanol–water partition coefficient (Wildman–Crippen LogP) is 3.98. The predicted molar refractivity (Wildman–Crippen MR) is 128 cm³/mol. The molecule has 1 aliphatic heterocycles. The molecular formula is C23H26ClN5O2S. The average Bonchev–Trinajstić information content (AvgIpc) is 3.48. The molecule has 2 heterocycles. The third-order valence-corrected chi connectivity index (χ3v) is 6.48. The summed E-state index contributed by atoms with van der Waals surface area (Å²) in [6.45, 7) is 2.44.